The van der Waals surface area contributed by atoms with Crippen LogP contribution in [0.25, 0.3) is 0 Å². The molecule has 1 amide bonds. The molecule has 5 heteroatoms. The average molecular weight is 343 g/mol. The third kappa shape index (κ3) is 4.79. The molecule has 2 N–H and O–H groups in total. The Bertz CT molecular complexity index is 713. The number of amides is 1. The van der Waals surface area contributed by atoms with E-state index in [1.165, 1.54) is 12.1 Å². The minimum absolute atomic E-state index is 0.00246. The average Bonchev–Trinajstić information content (AvgIpc) is 3.46. The number of benzene rings is 2. The summed E-state index contributed by atoms with van der Waals surface area (Å²) in [4.78, 5) is 12.6. The van der Waals surface area contributed by atoms with E-state index in [-0.39, 0.29) is 31.0 Å². The normalized spacial score (nSPS) is 14.8. The van der Waals surface area contributed by atoms with Gasteiger partial charge in [-0.3, -0.25) is 4.79 Å². The fourth-order valence-corrected chi connectivity index (χ4v) is 2.83. The molecule has 0 heterocycles. The first-order valence-electron chi connectivity index (χ1n) is 8.55. The summed E-state index contributed by atoms with van der Waals surface area (Å²) < 4.78 is 18.7. The second-order valence-electron chi connectivity index (χ2n) is 6.34. The van der Waals surface area contributed by atoms with Crippen LogP contribution in [0.3, 0.4) is 0 Å². The van der Waals surface area contributed by atoms with Gasteiger partial charge in [0.1, 0.15) is 18.2 Å². The Labute approximate surface area is 146 Å². The number of halogens is 1. The van der Waals surface area contributed by atoms with Crippen molar-refractivity contribution >= 4 is 5.91 Å². The summed E-state index contributed by atoms with van der Waals surface area (Å²) in [6, 6.07) is 13.1. The third-order valence-corrected chi connectivity index (χ3v) is 4.39. The Morgan fingerprint density at radius 3 is 2.60 bits per heavy atom. The Morgan fingerprint density at radius 1 is 1.20 bits per heavy atom. The maximum Gasteiger partial charge on any atom is 0.255 e. The number of para-hydroxylation sites is 1. The summed E-state index contributed by atoms with van der Waals surface area (Å²) in [5, 5.41) is 12.2. The van der Waals surface area contributed by atoms with Gasteiger partial charge in [0.05, 0.1) is 5.56 Å². The number of carbonyl (C=O) groups is 1. The van der Waals surface area contributed by atoms with E-state index in [1.54, 1.807) is 30.3 Å². The molecule has 4 nitrogen and oxygen atoms in total. The SMILES string of the molecule is O=C(NC(CCO)C1CC1)c1ccccc1OCc1ccc(F)cc1. The van der Waals surface area contributed by atoms with E-state index in [0.29, 0.717) is 23.7 Å². The lowest BCUT2D eigenvalue weighted by Gasteiger charge is -2.18. The number of hydrogen-bond donors (Lipinski definition) is 2. The van der Waals surface area contributed by atoms with Crippen LogP contribution in [0.5, 0.6) is 5.75 Å². The minimum atomic E-state index is -0.293. The van der Waals surface area contributed by atoms with Crippen LogP contribution in [0.15, 0.2) is 48.5 Å². The van der Waals surface area contributed by atoms with Crippen molar-refractivity contribution in [2.45, 2.75) is 31.9 Å². The fourth-order valence-electron chi connectivity index (χ4n) is 2.83. The highest BCUT2D eigenvalue weighted by molar-refractivity contribution is 5.97. The fraction of sp³-hybridized carbons (Fsp3) is 0.350. The van der Waals surface area contributed by atoms with Crippen molar-refractivity contribution in [3.63, 3.8) is 0 Å². The van der Waals surface area contributed by atoms with Crippen LogP contribution in [0, 0.1) is 11.7 Å². The van der Waals surface area contributed by atoms with E-state index in [2.05, 4.69) is 5.32 Å². The maximum absolute atomic E-state index is 13.0. The summed E-state index contributed by atoms with van der Waals surface area (Å²) >= 11 is 0. The quantitative estimate of drug-likeness (QED) is 0.773. The van der Waals surface area contributed by atoms with Gasteiger partial charge in [-0.05, 0) is 55.0 Å². The van der Waals surface area contributed by atoms with Crippen LogP contribution < -0.4 is 10.1 Å². The maximum atomic E-state index is 13.0. The molecule has 1 unspecified atom stereocenters. The van der Waals surface area contributed by atoms with Crippen LogP contribution >= 0.6 is 0 Å². The molecule has 0 bridgehead atoms. The molecule has 0 spiro atoms. The minimum Gasteiger partial charge on any atom is -0.488 e. The third-order valence-electron chi connectivity index (χ3n) is 4.39. The van der Waals surface area contributed by atoms with Crippen molar-refractivity contribution < 1.29 is 19.0 Å². The van der Waals surface area contributed by atoms with Crippen LogP contribution in [0.1, 0.15) is 35.2 Å². The molecule has 0 aromatic heterocycles. The summed E-state index contributed by atoms with van der Waals surface area (Å²) in [5.74, 6) is 0.463. The second-order valence-corrected chi connectivity index (χ2v) is 6.34. The Morgan fingerprint density at radius 2 is 1.92 bits per heavy atom. The summed E-state index contributed by atoms with van der Waals surface area (Å²) in [6.07, 6.45) is 2.75. The monoisotopic (exact) mass is 343 g/mol. The lowest BCUT2D eigenvalue weighted by Crippen LogP contribution is -2.37. The van der Waals surface area contributed by atoms with Gasteiger partial charge in [-0.2, -0.15) is 0 Å². The molecule has 2 aromatic carbocycles. The zero-order valence-electron chi connectivity index (χ0n) is 14.0. The Balaban J connectivity index is 1.67. The van der Waals surface area contributed by atoms with Crippen molar-refractivity contribution in [2.24, 2.45) is 5.92 Å². The van der Waals surface area contributed by atoms with Crippen LogP contribution in [0.2, 0.25) is 0 Å². The van der Waals surface area contributed by atoms with Gasteiger partial charge in [-0.15, -0.1) is 0 Å². The van der Waals surface area contributed by atoms with Crippen molar-refractivity contribution in [2.75, 3.05) is 6.61 Å². The van der Waals surface area contributed by atoms with E-state index in [0.717, 1.165) is 18.4 Å². The molecule has 1 atom stereocenters. The van der Waals surface area contributed by atoms with Gasteiger partial charge in [0.2, 0.25) is 0 Å². The van der Waals surface area contributed by atoms with Gasteiger partial charge in [0, 0.05) is 12.6 Å². The number of hydrogen-bond acceptors (Lipinski definition) is 3. The first-order chi connectivity index (χ1) is 12.2. The van der Waals surface area contributed by atoms with Crippen LogP contribution in [-0.2, 0) is 6.61 Å². The molecular formula is C20H22FNO3. The lowest BCUT2D eigenvalue weighted by molar-refractivity contribution is 0.0919. The summed E-state index contributed by atoms with van der Waals surface area (Å²) in [7, 11) is 0. The summed E-state index contributed by atoms with van der Waals surface area (Å²) in [5.41, 5.74) is 1.29. The Kier molecular flexibility index (Phi) is 5.66. The van der Waals surface area contributed by atoms with Crippen molar-refractivity contribution in [1.29, 1.82) is 0 Å². The first kappa shape index (κ1) is 17.4. The zero-order chi connectivity index (χ0) is 17.6. The largest absolute Gasteiger partial charge is 0.488 e. The van der Waals surface area contributed by atoms with Crippen molar-refractivity contribution in [1.82, 2.24) is 5.32 Å². The number of aliphatic hydroxyl groups is 1. The van der Waals surface area contributed by atoms with Crippen molar-refractivity contribution in [3.05, 3.63) is 65.5 Å². The molecule has 132 valence electrons. The number of rotatable bonds is 8. The predicted molar refractivity (Wildman–Crippen MR) is 92.9 cm³/mol. The van der Waals surface area contributed by atoms with Crippen LogP contribution in [0.4, 0.5) is 4.39 Å². The highest BCUT2D eigenvalue weighted by Gasteiger charge is 2.32. The molecule has 3 rings (SSSR count). The van der Waals surface area contributed by atoms with Crippen molar-refractivity contribution in [3.8, 4) is 5.75 Å². The van der Waals surface area contributed by atoms with E-state index >= 15 is 0 Å². The standard InChI is InChI=1S/C20H22FNO3/c21-16-9-5-14(6-10-16)13-25-19-4-2-1-3-17(19)20(24)22-18(11-12-23)15-7-8-15/h1-6,9-10,15,18,23H,7-8,11-13H2,(H,22,24). The highest BCUT2D eigenvalue weighted by Crippen LogP contribution is 2.34. The molecule has 1 fully saturated rings. The van der Waals surface area contributed by atoms with Gasteiger partial charge in [-0.25, -0.2) is 4.39 Å². The molecule has 0 radical (unpaired) electrons. The van der Waals surface area contributed by atoms with Gasteiger partial charge in [0.25, 0.3) is 5.91 Å². The Hall–Kier alpha value is -2.40. The molecule has 1 saturated carbocycles. The molecule has 25 heavy (non-hydrogen) atoms. The second kappa shape index (κ2) is 8.12. The number of ether oxygens (including phenoxy) is 1. The molecule has 0 aliphatic heterocycles. The number of aliphatic hydroxyl groups excluding tert-OH is 1. The molecule has 1 aliphatic carbocycles. The topological polar surface area (TPSA) is 58.6 Å². The van der Waals surface area contributed by atoms with Gasteiger partial charge in [-0.1, -0.05) is 24.3 Å². The number of carbonyl (C=O) groups excluding carboxylic acids is 1. The van der Waals surface area contributed by atoms with E-state index < -0.39 is 0 Å². The molecule has 1 aliphatic rings. The van der Waals surface area contributed by atoms with E-state index in [4.69, 9.17) is 4.74 Å². The van der Waals surface area contributed by atoms with Crippen LogP contribution in [-0.4, -0.2) is 23.7 Å². The van der Waals surface area contributed by atoms with Gasteiger partial charge in [0.15, 0.2) is 0 Å². The zero-order valence-corrected chi connectivity index (χ0v) is 14.0. The van der Waals surface area contributed by atoms with Gasteiger partial charge < -0.3 is 15.2 Å². The molecular weight excluding hydrogens is 321 g/mol. The smallest absolute Gasteiger partial charge is 0.255 e. The predicted octanol–water partition coefficient (Wildman–Crippen LogP) is 3.30. The summed E-state index contributed by atoms with van der Waals surface area (Å²) in [6.45, 7) is 0.317. The lowest BCUT2D eigenvalue weighted by atomic mass is 10.1. The highest BCUT2D eigenvalue weighted by atomic mass is 19.1. The number of nitrogens with one attached hydrogen (secondary N) is 1. The molecule has 0 saturated heterocycles. The molecule has 2 aromatic rings. The first-order valence-corrected chi connectivity index (χ1v) is 8.55. The van der Waals surface area contributed by atoms with E-state index in [1.807, 2.05) is 6.07 Å². The van der Waals surface area contributed by atoms with Gasteiger partial charge >= 0.3 is 0 Å². The van der Waals surface area contributed by atoms with E-state index in [9.17, 15) is 14.3 Å².